The quantitative estimate of drug-likeness (QED) is 0.800. The number of amides is 3. The fraction of sp³-hybridized carbons (Fsp3) is 0.529. The third-order valence-electron chi connectivity index (χ3n) is 3.91. The van der Waals surface area contributed by atoms with E-state index in [-0.39, 0.29) is 23.2 Å². The Morgan fingerprint density at radius 2 is 2.13 bits per heavy atom. The SMILES string of the molecule is CC(C)(C)[C@H](NC(=O)N[C@H]1CCCNC1=O)c1cccc(F)c1. The molecule has 0 radical (unpaired) electrons. The van der Waals surface area contributed by atoms with E-state index in [1.165, 1.54) is 12.1 Å². The number of hydrogen-bond donors (Lipinski definition) is 3. The summed E-state index contributed by atoms with van der Waals surface area (Å²) in [6.07, 6.45) is 1.46. The van der Waals surface area contributed by atoms with Gasteiger partial charge in [0.25, 0.3) is 0 Å². The topological polar surface area (TPSA) is 70.2 Å². The van der Waals surface area contributed by atoms with E-state index in [0.717, 1.165) is 6.42 Å². The molecule has 1 aliphatic heterocycles. The Morgan fingerprint density at radius 3 is 2.74 bits per heavy atom. The van der Waals surface area contributed by atoms with E-state index in [2.05, 4.69) is 16.0 Å². The zero-order chi connectivity index (χ0) is 17.0. The van der Waals surface area contributed by atoms with Crippen LogP contribution in [0, 0.1) is 11.2 Å². The van der Waals surface area contributed by atoms with Gasteiger partial charge in [0.15, 0.2) is 0 Å². The van der Waals surface area contributed by atoms with Crippen molar-refractivity contribution < 1.29 is 14.0 Å². The number of piperidine rings is 1. The monoisotopic (exact) mass is 321 g/mol. The van der Waals surface area contributed by atoms with Crippen LogP contribution in [0.4, 0.5) is 9.18 Å². The Labute approximate surface area is 136 Å². The van der Waals surface area contributed by atoms with Gasteiger partial charge in [0.05, 0.1) is 6.04 Å². The van der Waals surface area contributed by atoms with Gasteiger partial charge < -0.3 is 16.0 Å². The van der Waals surface area contributed by atoms with Crippen LogP contribution in [0.5, 0.6) is 0 Å². The highest BCUT2D eigenvalue weighted by Gasteiger charge is 2.30. The standard InChI is InChI=1S/C17H24FN3O2/c1-17(2,3)14(11-6-4-7-12(18)10-11)21-16(23)20-13-8-5-9-19-15(13)22/h4,6-7,10,13-14H,5,8-9H2,1-3H3,(H,19,22)(H2,20,21,23)/t13-,14+/m0/s1. The molecule has 0 spiro atoms. The van der Waals surface area contributed by atoms with E-state index in [0.29, 0.717) is 18.5 Å². The fourth-order valence-corrected chi connectivity index (χ4v) is 2.73. The predicted molar refractivity (Wildman–Crippen MR) is 86.3 cm³/mol. The summed E-state index contributed by atoms with van der Waals surface area (Å²) < 4.78 is 13.5. The van der Waals surface area contributed by atoms with Gasteiger partial charge in [-0.05, 0) is 36.0 Å². The van der Waals surface area contributed by atoms with Gasteiger partial charge in [0, 0.05) is 6.54 Å². The fourth-order valence-electron chi connectivity index (χ4n) is 2.73. The number of benzene rings is 1. The summed E-state index contributed by atoms with van der Waals surface area (Å²) in [6, 6.07) is 4.89. The molecule has 1 aliphatic rings. The maximum Gasteiger partial charge on any atom is 0.315 e. The normalized spacial score (nSPS) is 19.7. The largest absolute Gasteiger partial charge is 0.354 e. The van der Waals surface area contributed by atoms with Gasteiger partial charge in [0.2, 0.25) is 5.91 Å². The molecule has 0 unspecified atom stereocenters. The van der Waals surface area contributed by atoms with E-state index in [9.17, 15) is 14.0 Å². The molecule has 1 aromatic carbocycles. The maximum atomic E-state index is 13.5. The molecule has 1 heterocycles. The lowest BCUT2D eigenvalue weighted by Crippen LogP contribution is -2.54. The molecule has 0 saturated carbocycles. The molecular weight excluding hydrogens is 297 g/mol. The number of hydrogen-bond acceptors (Lipinski definition) is 2. The minimum Gasteiger partial charge on any atom is -0.354 e. The Balaban J connectivity index is 2.09. The van der Waals surface area contributed by atoms with Crippen molar-refractivity contribution in [1.82, 2.24) is 16.0 Å². The number of carbonyl (C=O) groups excluding carboxylic acids is 2. The van der Waals surface area contributed by atoms with Crippen LogP contribution >= 0.6 is 0 Å². The molecule has 2 rings (SSSR count). The van der Waals surface area contributed by atoms with Gasteiger partial charge in [-0.15, -0.1) is 0 Å². The number of halogens is 1. The molecule has 1 saturated heterocycles. The van der Waals surface area contributed by atoms with Crippen molar-refractivity contribution in [2.75, 3.05) is 6.54 Å². The van der Waals surface area contributed by atoms with Crippen LogP contribution in [0.25, 0.3) is 0 Å². The number of nitrogens with one attached hydrogen (secondary N) is 3. The Bertz CT molecular complexity index is 583. The van der Waals surface area contributed by atoms with Gasteiger partial charge in [-0.25, -0.2) is 9.18 Å². The predicted octanol–water partition coefficient (Wildman–Crippen LogP) is 2.49. The molecule has 0 aromatic heterocycles. The lowest BCUT2D eigenvalue weighted by atomic mass is 9.82. The maximum absolute atomic E-state index is 13.5. The second kappa shape index (κ2) is 6.98. The summed E-state index contributed by atoms with van der Waals surface area (Å²) in [5.74, 6) is -0.505. The van der Waals surface area contributed by atoms with Gasteiger partial charge in [-0.3, -0.25) is 4.79 Å². The van der Waals surface area contributed by atoms with Gasteiger partial charge >= 0.3 is 6.03 Å². The second-order valence-electron chi connectivity index (χ2n) is 6.96. The molecule has 3 N–H and O–H groups in total. The van der Waals surface area contributed by atoms with Crippen molar-refractivity contribution in [3.8, 4) is 0 Å². The van der Waals surface area contributed by atoms with Gasteiger partial charge in [-0.1, -0.05) is 32.9 Å². The van der Waals surface area contributed by atoms with Crippen LogP contribution < -0.4 is 16.0 Å². The van der Waals surface area contributed by atoms with Crippen molar-refractivity contribution in [3.63, 3.8) is 0 Å². The summed E-state index contributed by atoms with van der Waals surface area (Å²) in [6.45, 7) is 6.55. The van der Waals surface area contributed by atoms with Crippen LogP contribution in [0.2, 0.25) is 0 Å². The zero-order valence-corrected chi connectivity index (χ0v) is 13.8. The molecule has 1 aromatic rings. The molecule has 3 amide bonds. The average Bonchev–Trinajstić information content (AvgIpc) is 2.46. The van der Waals surface area contributed by atoms with E-state index < -0.39 is 12.1 Å². The third kappa shape index (κ3) is 4.68. The van der Waals surface area contributed by atoms with E-state index >= 15 is 0 Å². The highest BCUT2D eigenvalue weighted by molar-refractivity contribution is 5.87. The van der Waals surface area contributed by atoms with Crippen molar-refractivity contribution in [2.24, 2.45) is 5.41 Å². The first kappa shape index (κ1) is 17.2. The van der Waals surface area contributed by atoms with Crippen LogP contribution in [0.3, 0.4) is 0 Å². The molecule has 1 fully saturated rings. The van der Waals surface area contributed by atoms with Crippen molar-refractivity contribution in [2.45, 2.75) is 45.7 Å². The van der Waals surface area contributed by atoms with Crippen molar-refractivity contribution >= 4 is 11.9 Å². The first-order chi connectivity index (χ1) is 10.8. The van der Waals surface area contributed by atoms with Crippen molar-refractivity contribution in [3.05, 3.63) is 35.6 Å². The number of rotatable bonds is 3. The Kier molecular flexibility index (Phi) is 5.23. The molecule has 5 nitrogen and oxygen atoms in total. The minimum atomic E-state index is -0.517. The lowest BCUT2D eigenvalue weighted by Gasteiger charge is -2.33. The first-order valence-electron chi connectivity index (χ1n) is 7.87. The minimum absolute atomic E-state index is 0.163. The smallest absolute Gasteiger partial charge is 0.315 e. The summed E-state index contributed by atoms with van der Waals surface area (Å²) in [5, 5.41) is 8.30. The zero-order valence-electron chi connectivity index (χ0n) is 13.8. The van der Waals surface area contributed by atoms with Crippen LogP contribution in [0.15, 0.2) is 24.3 Å². The summed E-state index contributed by atoms with van der Waals surface area (Å²) in [5.41, 5.74) is 0.390. The molecular formula is C17H24FN3O2. The molecule has 23 heavy (non-hydrogen) atoms. The Morgan fingerprint density at radius 1 is 1.39 bits per heavy atom. The first-order valence-corrected chi connectivity index (χ1v) is 7.87. The van der Waals surface area contributed by atoms with Gasteiger partial charge in [-0.2, -0.15) is 0 Å². The van der Waals surface area contributed by atoms with Crippen LogP contribution in [-0.2, 0) is 4.79 Å². The average molecular weight is 321 g/mol. The molecule has 2 atom stereocenters. The summed E-state index contributed by atoms with van der Waals surface area (Å²) in [7, 11) is 0. The van der Waals surface area contributed by atoms with Gasteiger partial charge in [0.1, 0.15) is 11.9 Å². The molecule has 0 bridgehead atoms. The number of urea groups is 1. The van der Waals surface area contributed by atoms with E-state index in [4.69, 9.17) is 0 Å². The van der Waals surface area contributed by atoms with Crippen LogP contribution in [0.1, 0.15) is 45.2 Å². The third-order valence-corrected chi connectivity index (χ3v) is 3.91. The highest BCUT2D eigenvalue weighted by atomic mass is 19.1. The molecule has 126 valence electrons. The second-order valence-corrected chi connectivity index (χ2v) is 6.96. The number of carbonyl (C=O) groups is 2. The van der Waals surface area contributed by atoms with Crippen molar-refractivity contribution in [1.29, 1.82) is 0 Å². The molecule has 6 heteroatoms. The lowest BCUT2D eigenvalue weighted by molar-refractivity contribution is -0.124. The summed E-state index contributed by atoms with van der Waals surface area (Å²) in [4.78, 5) is 24.0. The Hall–Kier alpha value is -2.11. The van der Waals surface area contributed by atoms with Crippen LogP contribution in [-0.4, -0.2) is 24.5 Å². The highest BCUT2D eigenvalue weighted by Crippen LogP contribution is 2.32. The van der Waals surface area contributed by atoms with E-state index in [1.807, 2.05) is 20.8 Å². The summed E-state index contributed by atoms with van der Waals surface area (Å²) >= 11 is 0. The molecule has 0 aliphatic carbocycles. The van der Waals surface area contributed by atoms with E-state index in [1.54, 1.807) is 12.1 Å².